The summed E-state index contributed by atoms with van der Waals surface area (Å²) in [7, 11) is 1.69. The fraction of sp³-hybridized carbons (Fsp3) is 0.0909. The third-order valence-electron chi connectivity index (χ3n) is 2.72. The molecule has 3 rings (SSSR count). The molecule has 5 heteroatoms. The molecule has 0 atom stereocenters. The first-order valence-electron chi connectivity index (χ1n) is 4.88. The van der Waals surface area contributed by atoms with E-state index in [0.717, 1.165) is 10.9 Å². The van der Waals surface area contributed by atoms with Crippen LogP contribution in [0.25, 0.3) is 21.9 Å². The van der Waals surface area contributed by atoms with E-state index in [1.165, 1.54) is 4.68 Å². The van der Waals surface area contributed by atoms with E-state index >= 15 is 0 Å². The van der Waals surface area contributed by atoms with Crippen LogP contribution in [0, 0.1) is 0 Å². The molecule has 0 saturated carbocycles. The van der Waals surface area contributed by atoms with Crippen molar-refractivity contribution in [2.45, 2.75) is 0 Å². The molecule has 5 nitrogen and oxygen atoms in total. The summed E-state index contributed by atoms with van der Waals surface area (Å²) in [4.78, 5) is 26.3. The van der Waals surface area contributed by atoms with E-state index < -0.39 is 11.0 Å². The molecule has 2 aromatic heterocycles. The van der Waals surface area contributed by atoms with Crippen molar-refractivity contribution in [2.24, 2.45) is 7.05 Å². The van der Waals surface area contributed by atoms with Gasteiger partial charge in [0.2, 0.25) is 0 Å². The summed E-state index contributed by atoms with van der Waals surface area (Å²) in [6, 6.07) is 7.43. The lowest BCUT2D eigenvalue weighted by Gasteiger charge is -1.98. The number of nitrogens with zero attached hydrogens (tertiary/aromatic N) is 1. The third kappa shape index (κ3) is 0.995. The lowest BCUT2D eigenvalue weighted by molar-refractivity contribution is 0.746. The first kappa shape index (κ1) is 8.96. The van der Waals surface area contributed by atoms with Gasteiger partial charge < -0.3 is 4.98 Å². The predicted molar refractivity (Wildman–Crippen MR) is 61.7 cm³/mol. The number of nitrogens with one attached hydrogen (secondary N) is 2. The summed E-state index contributed by atoms with van der Waals surface area (Å²) in [6.07, 6.45) is 0. The van der Waals surface area contributed by atoms with Crippen LogP contribution < -0.4 is 11.0 Å². The minimum absolute atomic E-state index is 0.446. The van der Waals surface area contributed by atoms with Gasteiger partial charge in [0.05, 0.1) is 5.39 Å². The van der Waals surface area contributed by atoms with E-state index in [4.69, 9.17) is 0 Å². The second kappa shape index (κ2) is 2.85. The van der Waals surface area contributed by atoms with Gasteiger partial charge in [-0.05, 0) is 6.07 Å². The van der Waals surface area contributed by atoms with E-state index in [1.54, 1.807) is 7.05 Å². The predicted octanol–water partition coefficient (Wildman–Crippen LogP) is 0.708. The van der Waals surface area contributed by atoms with Crippen LogP contribution in [0.2, 0.25) is 0 Å². The van der Waals surface area contributed by atoms with Gasteiger partial charge >= 0.3 is 5.56 Å². The summed E-state index contributed by atoms with van der Waals surface area (Å²) in [5, 5.41) is 3.69. The second-order valence-corrected chi connectivity index (χ2v) is 3.72. The van der Waals surface area contributed by atoms with E-state index in [9.17, 15) is 9.59 Å². The van der Waals surface area contributed by atoms with E-state index in [-0.39, 0.29) is 0 Å². The zero-order chi connectivity index (χ0) is 11.3. The second-order valence-electron chi connectivity index (χ2n) is 3.72. The van der Waals surface area contributed by atoms with Crippen molar-refractivity contribution in [3.63, 3.8) is 0 Å². The smallest absolute Gasteiger partial charge is 0.311 e. The lowest BCUT2D eigenvalue weighted by Crippen LogP contribution is -2.30. The highest BCUT2D eigenvalue weighted by Crippen LogP contribution is 2.20. The van der Waals surface area contributed by atoms with Crippen LogP contribution >= 0.6 is 0 Å². The number of fused-ring (bicyclic) bond motifs is 3. The van der Waals surface area contributed by atoms with Crippen LogP contribution in [0.3, 0.4) is 0 Å². The summed E-state index contributed by atoms with van der Waals surface area (Å²) in [5.41, 5.74) is 0.389. The van der Waals surface area contributed by atoms with Gasteiger partial charge in [-0.25, -0.2) is 0 Å². The number of hydrogen-bond acceptors (Lipinski definition) is 2. The summed E-state index contributed by atoms with van der Waals surface area (Å²) in [6.45, 7) is 0. The zero-order valence-corrected chi connectivity index (χ0v) is 8.57. The molecule has 16 heavy (non-hydrogen) atoms. The van der Waals surface area contributed by atoms with E-state index in [0.29, 0.717) is 11.0 Å². The molecule has 2 N–H and O–H groups in total. The van der Waals surface area contributed by atoms with Crippen molar-refractivity contribution < 1.29 is 0 Å². The molecule has 2 heterocycles. The lowest BCUT2D eigenvalue weighted by atomic mass is 10.2. The van der Waals surface area contributed by atoms with Crippen molar-refractivity contribution >= 4 is 21.9 Å². The Bertz CT molecular complexity index is 807. The molecule has 0 spiro atoms. The van der Waals surface area contributed by atoms with Gasteiger partial charge in [-0.2, -0.15) is 0 Å². The first-order chi connectivity index (χ1) is 7.68. The van der Waals surface area contributed by atoms with Gasteiger partial charge in [0.25, 0.3) is 5.43 Å². The Kier molecular flexibility index (Phi) is 1.60. The minimum Gasteiger partial charge on any atom is -0.339 e. The number of aromatic amines is 2. The average molecular weight is 215 g/mol. The Morgan fingerprint density at radius 3 is 2.75 bits per heavy atom. The SMILES string of the molecule is Cn1[nH]c(=O)c(=O)c2c3ccccc3[nH]c21. The van der Waals surface area contributed by atoms with E-state index in [1.807, 2.05) is 24.3 Å². The number of H-pyrrole nitrogens is 2. The summed E-state index contributed by atoms with van der Waals surface area (Å²) >= 11 is 0. The topological polar surface area (TPSA) is 70.7 Å². The molecule has 1 aromatic carbocycles. The molecule has 0 aliphatic carbocycles. The van der Waals surface area contributed by atoms with Crippen molar-refractivity contribution in [3.8, 4) is 0 Å². The highest BCUT2D eigenvalue weighted by molar-refractivity contribution is 6.05. The molecule has 0 radical (unpaired) electrons. The first-order valence-corrected chi connectivity index (χ1v) is 4.88. The summed E-state index contributed by atoms with van der Waals surface area (Å²) < 4.78 is 1.53. The fourth-order valence-corrected chi connectivity index (χ4v) is 1.98. The number of aromatic nitrogens is 3. The van der Waals surface area contributed by atoms with Crippen LogP contribution in [0.1, 0.15) is 0 Å². The monoisotopic (exact) mass is 215 g/mol. The summed E-state index contributed by atoms with van der Waals surface area (Å²) in [5.74, 6) is 0. The standard InChI is InChI=1S/C11H9N3O2/c1-14-10-8(9(15)11(16)13-14)6-4-2-3-5-7(6)12-10/h2-5,12H,1H3,(H,13,16). The van der Waals surface area contributed by atoms with Gasteiger partial charge in [-0.15, -0.1) is 0 Å². The molecule has 3 aromatic rings. The Morgan fingerprint density at radius 2 is 1.94 bits per heavy atom. The molecule has 0 fully saturated rings. The van der Waals surface area contributed by atoms with Crippen LogP contribution in [0.15, 0.2) is 33.9 Å². The van der Waals surface area contributed by atoms with Crippen LogP contribution in [0.5, 0.6) is 0 Å². The molecule has 0 saturated heterocycles. The molecule has 0 aliphatic heterocycles. The maximum Gasteiger partial charge on any atom is 0.311 e. The van der Waals surface area contributed by atoms with Gasteiger partial charge in [0, 0.05) is 18.0 Å². The van der Waals surface area contributed by atoms with Crippen molar-refractivity contribution in [1.29, 1.82) is 0 Å². The average Bonchev–Trinajstić information content (AvgIpc) is 2.66. The molecular weight excluding hydrogens is 206 g/mol. The Hall–Kier alpha value is -2.30. The van der Waals surface area contributed by atoms with Gasteiger partial charge in [-0.3, -0.25) is 19.4 Å². The van der Waals surface area contributed by atoms with Crippen LogP contribution in [-0.4, -0.2) is 14.8 Å². The number of rotatable bonds is 0. The van der Waals surface area contributed by atoms with Crippen molar-refractivity contribution in [1.82, 2.24) is 14.8 Å². The van der Waals surface area contributed by atoms with Crippen molar-refractivity contribution in [2.75, 3.05) is 0 Å². The molecule has 0 aliphatic rings. The van der Waals surface area contributed by atoms with E-state index in [2.05, 4.69) is 10.1 Å². The molecule has 80 valence electrons. The minimum atomic E-state index is -0.597. The molecular formula is C11H9N3O2. The van der Waals surface area contributed by atoms with Gasteiger partial charge in [0.1, 0.15) is 5.65 Å². The molecule has 0 unspecified atom stereocenters. The van der Waals surface area contributed by atoms with Crippen LogP contribution in [0.4, 0.5) is 0 Å². The van der Waals surface area contributed by atoms with Crippen molar-refractivity contribution in [3.05, 3.63) is 44.8 Å². The fourth-order valence-electron chi connectivity index (χ4n) is 1.98. The Balaban J connectivity index is 2.77. The molecule has 0 amide bonds. The highest BCUT2D eigenvalue weighted by atomic mass is 16.2. The van der Waals surface area contributed by atoms with Crippen LogP contribution in [-0.2, 0) is 7.05 Å². The third-order valence-corrected chi connectivity index (χ3v) is 2.72. The van der Waals surface area contributed by atoms with Gasteiger partial charge in [-0.1, -0.05) is 18.2 Å². The zero-order valence-electron chi connectivity index (χ0n) is 8.57. The molecule has 0 bridgehead atoms. The van der Waals surface area contributed by atoms with Gasteiger partial charge in [0.15, 0.2) is 0 Å². The Labute approximate surface area is 89.3 Å². The number of benzene rings is 1. The quantitative estimate of drug-likeness (QED) is 0.542. The Morgan fingerprint density at radius 1 is 1.19 bits per heavy atom. The largest absolute Gasteiger partial charge is 0.339 e. The maximum atomic E-state index is 11.8. The number of aryl methyl sites for hydroxylation is 1. The maximum absolute atomic E-state index is 11.8. The number of para-hydroxylation sites is 1. The highest BCUT2D eigenvalue weighted by Gasteiger charge is 2.11. The number of hydrogen-bond donors (Lipinski definition) is 2. The normalized spacial score (nSPS) is 11.3.